The summed E-state index contributed by atoms with van der Waals surface area (Å²) >= 11 is 0. The molecule has 1 atom stereocenters. The molecule has 17 heavy (non-hydrogen) atoms. The van der Waals surface area contributed by atoms with Gasteiger partial charge in [0.1, 0.15) is 0 Å². The molecule has 3 amide bonds. The third-order valence-corrected chi connectivity index (χ3v) is 3.29. The number of rotatable bonds is 4. The van der Waals surface area contributed by atoms with Crippen LogP contribution in [0.4, 0.5) is 4.79 Å². The average Bonchev–Trinajstić information content (AvgIpc) is 2.74. The molecule has 1 aliphatic heterocycles. The molecule has 0 bridgehead atoms. The smallest absolute Gasteiger partial charge is 0.321 e. The summed E-state index contributed by atoms with van der Waals surface area (Å²) in [4.78, 5) is 24.7. The summed E-state index contributed by atoms with van der Waals surface area (Å²) in [5, 5.41) is 4.65. The van der Waals surface area contributed by atoms with Crippen LogP contribution in [0.15, 0.2) is 0 Å². The lowest BCUT2D eigenvalue weighted by Crippen LogP contribution is -2.40. The molecule has 0 saturated carbocycles. The summed E-state index contributed by atoms with van der Waals surface area (Å²) in [5.74, 6) is 0.415. The first-order valence-corrected chi connectivity index (χ1v) is 6.30. The zero-order valence-corrected chi connectivity index (χ0v) is 11.0. The van der Waals surface area contributed by atoms with E-state index in [0.717, 1.165) is 13.1 Å². The number of likely N-dealkylation sites (tertiary alicyclic amines) is 1. The van der Waals surface area contributed by atoms with Crippen molar-refractivity contribution in [3.05, 3.63) is 0 Å². The van der Waals surface area contributed by atoms with Crippen molar-refractivity contribution in [3.8, 4) is 0 Å². The fraction of sp³-hybridized carbons (Fsp3) is 0.833. The lowest BCUT2D eigenvalue weighted by atomic mass is 10.0. The van der Waals surface area contributed by atoms with E-state index in [2.05, 4.69) is 29.4 Å². The molecule has 1 unspecified atom stereocenters. The summed E-state index contributed by atoms with van der Waals surface area (Å²) in [7, 11) is 1.50. The first-order chi connectivity index (χ1) is 8.04. The Morgan fingerprint density at radius 1 is 1.41 bits per heavy atom. The normalized spacial score (nSPS) is 20.6. The monoisotopic (exact) mass is 241 g/mol. The molecular weight excluding hydrogens is 218 g/mol. The molecule has 1 heterocycles. The average molecular weight is 241 g/mol. The van der Waals surface area contributed by atoms with E-state index in [1.807, 2.05) is 0 Å². The number of urea groups is 1. The number of carbonyl (C=O) groups excluding carboxylic acids is 2. The molecule has 1 fully saturated rings. The minimum Gasteiger partial charge on any atom is -0.341 e. The number of nitrogens with zero attached hydrogens (tertiary/aromatic N) is 1. The van der Waals surface area contributed by atoms with Crippen molar-refractivity contribution in [1.29, 1.82) is 0 Å². The highest BCUT2D eigenvalue weighted by atomic mass is 16.2. The van der Waals surface area contributed by atoms with E-state index in [1.54, 1.807) is 0 Å². The van der Waals surface area contributed by atoms with Gasteiger partial charge in [0.2, 0.25) is 5.91 Å². The Kier molecular flexibility index (Phi) is 5.41. The van der Waals surface area contributed by atoms with Crippen molar-refractivity contribution in [2.45, 2.75) is 39.2 Å². The molecule has 1 rings (SSSR count). The first-order valence-electron chi connectivity index (χ1n) is 6.30. The third-order valence-electron chi connectivity index (χ3n) is 3.29. The fourth-order valence-corrected chi connectivity index (χ4v) is 2.38. The minimum absolute atomic E-state index is 0.209. The molecule has 0 aromatic carbocycles. The van der Waals surface area contributed by atoms with Crippen molar-refractivity contribution in [2.24, 2.45) is 5.92 Å². The molecule has 0 radical (unpaired) electrons. The lowest BCUT2D eigenvalue weighted by molar-refractivity contribution is -0.120. The molecule has 2 N–H and O–H groups in total. The summed E-state index contributed by atoms with van der Waals surface area (Å²) in [6.07, 6.45) is 2.81. The SMILES string of the molecule is CNC(=O)NC(=O)CCN1CCCC1C(C)C. The zero-order valence-electron chi connectivity index (χ0n) is 11.0. The number of carbonyl (C=O) groups is 2. The molecule has 0 aliphatic carbocycles. The van der Waals surface area contributed by atoms with Gasteiger partial charge in [-0.25, -0.2) is 4.79 Å². The van der Waals surface area contributed by atoms with Crippen molar-refractivity contribution < 1.29 is 9.59 Å². The second-order valence-corrected chi connectivity index (χ2v) is 4.87. The second-order valence-electron chi connectivity index (χ2n) is 4.87. The Bertz CT molecular complexity index is 279. The van der Waals surface area contributed by atoms with E-state index in [1.165, 1.54) is 19.9 Å². The Labute approximate surface area is 103 Å². The van der Waals surface area contributed by atoms with Crippen LogP contribution in [-0.2, 0) is 4.79 Å². The summed E-state index contributed by atoms with van der Waals surface area (Å²) < 4.78 is 0. The maximum absolute atomic E-state index is 11.4. The van der Waals surface area contributed by atoms with Crippen molar-refractivity contribution in [2.75, 3.05) is 20.1 Å². The number of nitrogens with one attached hydrogen (secondary N) is 2. The van der Waals surface area contributed by atoms with Crippen molar-refractivity contribution >= 4 is 11.9 Å². The topological polar surface area (TPSA) is 61.4 Å². The van der Waals surface area contributed by atoms with Gasteiger partial charge >= 0.3 is 6.03 Å². The molecule has 1 saturated heterocycles. The van der Waals surface area contributed by atoms with Crippen LogP contribution in [0.2, 0.25) is 0 Å². The van der Waals surface area contributed by atoms with Crippen LogP contribution in [0.1, 0.15) is 33.1 Å². The number of hydrogen-bond donors (Lipinski definition) is 2. The van der Waals surface area contributed by atoms with Gasteiger partial charge in [0.25, 0.3) is 0 Å². The van der Waals surface area contributed by atoms with Crippen LogP contribution in [0.5, 0.6) is 0 Å². The van der Waals surface area contributed by atoms with E-state index in [9.17, 15) is 9.59 Å². The number of amides is 3. The van der Waals surface area contributed by atoms with Gasteiger partial charge in [-0.15, -0.1) is 0 Å². The molecule has 0 spiro atoms. The van der Waals surface area contributed by atoms with Gasteiger partial charge in [-0.3, -0.25) is 15.0 Å². The summed E-state index contributed by atoms with van der Waals surface area (Å²) in [6.45, 7) is 6.24. The Morgan fingerprint density at radius 2 is 2.12 bits per heavy atom. The van der Waals surface area contributed by atoms with Gasteiger partial charge in [-0.1, -0.05) is 13.8 Å². The maximum atomic E-state index is 11.4. The van der Waals surface area contributed by atoms with Gasteiger partial charge in [-0.2, -0.15) is 0 Å². The predicted octanol–water partition coefficient (Wildman–Crippen LogP) is 0.952. The molecule has 5 nitrogen and oxygen atoms in total. The first kappa shape index (κ1) is 14.0. The van der Waals surface area contributed by atoms with Gasteiger partial charge in [0.15, 0.2) is 0 Å². The molecule has 0 aromatic heterocycles. The van der Waals surface area contributed by atoms with Crippen LogP contribution in [0.3, 0.4) is 0 Å². The molecule has 0 aromatic rings. The maximum Gasteiger partial charge on any atom is 0.321 e. The standard InChI is InChI=1S/C12H23N3O2/c1-9(2)10-5-4-7-15(10)8-6-11(16)14-12(17)13-3/h9-10H,4-8H2,1-3H3,(H2,13,14,16,17). The van der Waals surface area contributed by atoms with E-state index in [4.69, 9.17) is 0 Å². The fourth-order valence-electron chi connectivity index (χ4n) is 2.38. The van der Waals surface area contributed by atoms with E-state index >= 15 is 0 Å². The van der Waals surface area contributed by atoms with Gasteiger partial charge in [0, 0.05) is 26.1 Å². The van der Waals surface area contributed by atoms with Crippen LogP contribution >= 0.6 is 0 Å². The summed E-state index contributed by atoms with van der Waals surface area (Å²) in [6, 6.07) is 0.152. The molecule has 98 valence electrons. The highest BCUT2D eigenvalue weighted by molar-refractivity contribution is 5.94. The second kappa shape index (κ2) is 6.59. The highest BCUT2D eigenvalue weighted by Crippen LogP contribution is 2.23. The Balaban J connectivity index is 2.30. The number of hydrogen-bond acceptors (Lipinski definition) is 3. The zero-order chi connectivity index (χ0) is 12.8. The predicted molar refractivity (Wildman–Crippen MR) is 66.6 cm³/mol. The van der Waals surface area contributed by atoms with Crippen LogP contribution in [-0.4, -0.2) is 43.0 Å². The van der Waals surface area contributed by atoms with Crippen molar-refractivity contribution in [3.63, 3.8) is 0 Å². The third kappa shape index (κ3) is 4.34. The van der Waals surface area contributed by atoms with Crippen LogP contribution in [0, 0.1) is 5.92 Å². The Morgan fingerprint density at radius 3 is 2.71 bits per heavy atom. The van der Waals surface area contributed by atoms with E-state index in [-0.39, 0.29) is 5.91 Å². The largest absolute Gasteiger partial charge is 0.341 e. The minimum atomic E-state index is -0.433. The van der Waals surface area contributed by atoms with E-state index < -0.39 is 6.03 Å². The van der Waals surface area contributed by atoms with Crippen LogP contribution in [0.25, 0.3) is 0 Å². The molecule has 1 aliphatic rings. The van der Waals surface area contributed by atoms with Crippen molar-refractivity contribution in [1.82, 2.24) is 15.5 Å². The highest BCUT2D eigenvalue weighted by Gasteiger charge is 2.26. The Hall–Kier alpha value is -1.10. The van der Waals surface area contributed by atoms with Gasteiger partial charge in [0.05, 0.1) is 0 Å². The lowest BCUT2D eigenvalue weighted by Gasteiger charge is -2.27. The number of imide groups is 1. The van der Waals surface area contributed by atoms with E-state index in [0.29, 0.717) is 18.4 Å². The quantitative estimate of drug-likeness (QED) is 0.770. The molecule has 5 heteroatoms. The molecular formula is C12H23N3O2. The van der Waals surface area contributed by atoms with Gasteiger partial charge in [-0.05, 0) is 25.3 Å². The summed E-state index contributed by atoms with van der Waals surface area (Å²) in [5.41, 5.74) is 0. The van der Waals surface area contributed by atoms with Gasteiger partial charge < -0.3 is 5.32 Å². The van der Waals surface area contributed by atoms with Crippen LogP contribution < -0.4 is 10.6 Å².